The number of nitrogens with one attached hydrogen (secondary N) is 1. The third kappa shape index (κ3) is 11.7. The Balaban J connectivity index is 1.80. The fourth-order valence-electron chi connectivity index (χ4n) is 3.18. The molecule has 2 unspecified atom stereocenters. The van der Waals surface area contributed by atoms with E-state index in [4.69, 9.17) is 0 Å². The van der Waals surface area contributed by atoms with Gasteiger partial charge in [-0.25, -0.2) is 0 Å². The van der Waals surface area contributed by atoms with Crippen molar-refractivity contribution in [1.29, 1.82) is 0 Å². The van der Waals surface area contributed by atoms with E-state index in [9.17, 15) is 14.7 Å². The largest absolute Gasteiger partial charge is 0.389 e. The van der Waals surface area contributed by atoms with Crippen LogP contribution in [-0.2, 0) is 4.79 Å². The first-order valence-corrected chi connectivity index (χ1v) is 11.4. The monoisotopic (exact) mass is 383 g/mol. The molecule has 1 heterocycles. The van der Waals surface area contributed by atoms with E-state index in [1.165, 1.54) is 44.9 Å². The van der Waals surface area contributed by atoms with E-state index in [1.54, 1.807) is 0 Å². The van der Waals surface area contributed by atoms with Crippen LogP contribution in [0.5, 0.6) is 0 Å². The van der Waals surface area contributed by atoms with Gasteiger partial charge in [-0.2, -0.15) is 0 Å². The second kappa shape index (κ2) is 15.3. The number of allylic oxidation sites excluding steroid dienone is 1. The molecular weight excluding hydrogens is 346 g/mol. The number of amides is 2. The minimum Gasteiger partial charge on any atom is -0.389 e. The maximum absolute atomic E-state index is 11.4. The van der Waals surface area contributed by atoms with Crippen molar-refractivity contribution in [2.24, 2.45) is 0 Å². The minimum absolute atomic E-state index is 0.106. The van der Waals surface area contributed by atoms with Crippen LogP contribution in [0.1, 0.15) is 96.8 Å². The summed E-state index contributed by atoms with van der Waals surface area (Å²) in [6, 6.07) is 0. The number of carbonyl (C=O) groups is 2. The van der Waals surface area contributed by atoms with Crippen LogP contribution in [0.2, 0.25) is 0 Å². The summed E-state index contributed by atoms with van der Waals surface area (Å²) in [6.07, 6.45) is 20.0. The highest BCUT2D eigenvalue weighted by Crippen LogP contribution is 2.24. The summed E-state index contributed by atoms with van der Waals surface area (Å²) in [7, 11) is 0. The third-order valence-electron chi connectivity index (χ3n) is 4.82. The molecule has 0 bridgehead atoms. The van der Waals surface area contributed by atoms with Gasteiger partial charge in [0.2, 0.25) is 5.91 Å². The number of imide groups is 1. The molecule has 0 aromatic carbocycles. The standard InChI is InChI=1S/C21H37NO3S/c1-2-3-15-18(23)16-13-11-9-7-5-4-6-8-10-12-14-17-19-20(24)22-21(25)26-19/h13,16,18-19,23H,2-12,14-15,17H2,1H3,(H,22,24,25). The fraction of sp³-hybridized carbons (Fsp3) is 0.810. The van der Waals surface area contributed by atoms with Crippen LogP contribution in [0.25, 0.3) is 0 Å². The van der Waals surface area contributed by atoms with E-state index in [1.807, 2.05) is 6.08 Å². The molecule has 1 aliphatic rings. The lowest BCUT2D eigenvalue weighted by molar-refractivity contribution is -0.119. The topological polar surface area (TPSA) is 66.4 Å². The van der Waals surface area contributed by atoms with Gasteiger partial charge in [-0.3, -0.25) is 14.9 Å². The molecule has 1 rings (SSSR count). The van der Waals surface area contributed by atoms with E-state index in [0.29, 0.717) is 0 Å². The van der Waals surface area contributed by atoms with Crippen LogP contribution in [0.4, 0.5) is 4.79 Å². The lowest BCUT2D eigenvalue weighted by Crippen LogP contribution is -2.23. The molecule has 5 heteroatoms. The van der Waals surface area contributed by atoms with Gasteiger partial charge in [-0.15, -0.1) is 0 Å². The van der Waals surface area contributed by atoms with Crippen LogP contribution < -0.4 is 5.32 Å². The zero-order chi connectivity index (χ0) is 19.0. The van der Waals surface area contributed by atoms with Crippen LogP contribution in [-0.4, -0.2) is 27.6 Å². The molecule has 0 aliphatic carbocycles. The first-order chi connectivity index (χ1) is 12.6. The molecule has 1 aliphatic heterocycles. The average Bonchev–Trinajstić information content (AvgIpc) is 2.94. The predicted octanol–water partition coefficient (Wildman–Crippen LogP) is 5.74. The summed E-state index contributed by atoms with van der Waals surface area (Å²) in [4.78, 5) is 22.5. The molecule has 2 atom stereocenters. The lowest BCUT2D eigenvalue weighted by atomic mass is 10.0. The van der Waals surface area contributed by atoms with Gasteiger partial charge >= 0.3 is 0 Å². The highest BCUT2D eigenvalue weighted by Gasteiger charge is 2.30. The summed E-state index contributed by atoms with van der Waals surface area (Å²) in [5, 5.41) is 11.7. The van der Waals surface area contributed by atoms with E-state index in [-0.39, 0.29) is 22.5 Å². The Morgan fingerprint density at radius 1 is 1.00 bits per heavy atom. The van der Waals surface area contributed by atoms with Crippen molar-refractivity contribution in [2.45, 2.75) is 108 Å². The Hall–Kier alpha value is -0.810. The molecule has 2 amide bonds. The maximum Gasteiger partial charge on any atom is 0.286 e. The van der Waals surface area contributed by atoms with Crippen LogP contribution in [0, 0.1) is 0 Å². The first kappa shape index (κ1) is 23.2. The molecule has 0 spiro atoms. The number of aliphatic hydroxyl groups excluding tert-OH is 1. The van der Waals surface area contributed by atoms with Crippen molar-refractivity contribution in [3.8, 4) is 0 Å². The summed E-state index contributed by atoms with van der Waals surface area (Å²) in [5.41, 5.74) is 0. The van der Waals surface area contributed by atoms with Crippen LogP contribution in [0.3, 0.4) is 0 Å². The van der Waals surface area contributed by atoms with Crippen LogP contribution >= 0.6 is 11.8 Å². The zero-order valence-corrected chi connectivity index (χ0v) is 17.2. The van der Waals surface area contributed by atoms with Gasteiger partial charge in [0.15, 0.2) is 0 Å². The normalized spacial score (nSPS) is 18.6. The van der Waals surface area contributed by atoms with E-state index in [2.05, 4.69) is 18.3 Å². The number of carbonyl (C=O) groups excluding carboxylic acids is 2. The number of thioether (sulfide) groups is 1. The summed E-state index contributed by atoms with van der Waals surface area (Å²) in [6.45, 7) is 2.15. The number of aliphatic hydroxyl groups is 1. The molecule has 0 aromatic heterocycles. The summed E-state index contributed by atoms with van der Waals surface area (Å²) in [5.74, 6) is -0.106. The zero-order valence-electron chi connectivity index (χ0n) is 16.4. The van der Waals surface area contributed by atoms with E-state index >= 15 is 0 Å². The minimum atomic E-state index is -0.253. The van der Waals surface area contributed by atoms with Gasteiger partial charge in [0.05, 0.1) is 11.4 Å². The molecule has 26 heavy (non-hydrogen) atoms. The predicted molar refractivity (Wildman–Crippen MR) is 110 cm³/mol. The molecule has 0 aromatic rings. The van der Waals surface area contributed by atoms with Crippen molar-refractivity contribution in [2.75, 3.05) is 0 Å². The molecule has 4 nitrogen and oxygen atoms in total. The lowest BCUT2D eigenvalue weighted by Gasteiger charge is -2.05. The third-order valence-corrected chi connectivity index (χ3v) is 5.87. The Morgan fingerprint density at radius 3 is 2.19 bits per heavy atom. The molecular formula is C21H37NO3S. The second-order valence-corrected chi connectivity index (χ2v) is 8.46. The van der Waals surface area contributed by atoms with Crippen LogP contribution in [0.15, 0.2) is 12.2 Å². The fourth-order valence-corrected chi connectivity index (χ4v) is 4.04. The van der Waals surface area contributed by atoms with Gasteiger partial charge in [-0.05, 0) is 25.7 Å². The molecule has 1 fully saturated rings. The molecule has 0 saturated carbocycles. The SMILES string of the molecule is CCCCC(O)C=CCCCCCCCCCCCC1SC(=O)NC1=O. The Bertz CT molecular complexity index is 425. The maximum atomic E-state index is 11.4. The number of rotatable bonds is 16. The van der Waals surface area contributed by atoms with Gasteiger partial charge < -0.3 is 5.11 Å². The average molecular weight is 384 g/mol. The smallest absolute Gasteiger partial charge is 0.286 e. The molecule has 150 valence electrons. The first-order valence-electron chi connectivity index (χ1n) is 10.5. The van der Waals surface area contributed by atoms with Gasteiger partial charge in [-0.1, -0.05) is 95.0 Å². The van der Waals surface area contributed by atoms with Crippen molar-refractivity contribution < 1.29 is 14.7 Å². The number of hydrogen-bond acceptors (Lipinski definition) is 4. The van der Waals surface area contributed by atoms with Gasteiger partial charge in [0.1, 0.15) is 0 Å². The highest BCUT2D eigenvalue weighted by atomic mass is 32.2. The van der Waals surface area contributed by atoms with Gasteiger partial charge in [0.25, 0.3) is 5.24 Å². The van der Waals surface area contributed by atoms with Crippen molar-refractivity contribution >= 4 is 22.9 Å². The molecule has 1 saturated heterocycles. The Labute approximate surface area is 163 Å². The molecule has 0 radical (unpaired) electrons. The number of hydrogen-bond donors (Lipinski definition) is 2. The van der Waals surface area contributed by atoms with Crippen molar-refractivity contribution in [1.82, 2.24) is 5.32 Å². The second-order valence-electron chi connectivity index (χ2n) is 7.28. The van der Waals surface area contributed by atoms with E-state index < -0.39 is 0 Å². The van der Waals surface area contributed by atoms with Crippen molar-refractivity contribution in [3.05, 3.63) is 12.2 Å². The summed E-state index contributed by atoms with van der Waals surface area (Å²) >= 11 is 1.14. The quantitative estimate of drug-likeness (QED) is 0.263. The van der Waals surface area contributed by atoms with Crippen molar-refractivity contribution in [3.63, 3.8) is 0 Å². The highest BCUT2D eigenvalue weighted by molar-refractivity contribution is 8.15. The molecule has 2 N–H and O–H groups in total. The number of unbranched alkanes of at least 4 members (excludes halogenated alkanes) is 10. The van der Waals surface area contributed by atoms with Gasteiger partial charge in [0, 0.05) is 0 Å². The van der Waals surface area contributed by atoms with E-state index in [0.717, 1.165) is 56.7 Å². The Morgan fingerprint density at radius 2 is 1.62 bits per heavy atom. The Kier molecular flexibility index (Phi) is 13.6. The summed E-state index contributed by atoms with van der Waals surface area (Å²) < 4.78 is 0.